The predicted molar refractivity (Wildman–Crippen MR) is 75.0 cm³/mol. The molecule has 0 aromatic heterocycles. The number of aliphatic carboxylic acids is 1. The van der Waals surface area contributed by atoms with E-state index in [1.54, 1.807) is 6.92 Å². The minimum Gasteiger partial charge on any atom is -0.480 e. The van der Waals surface area contributed by atoms with Crippen LogP contribution >= 0.6 is 0 Å². The summed E-state index contributed by atoms with van der Waals surface area (Å²) in [5, 5.41) is 9.41. The molecule has 0 aliphatic carbocycles. The number of carboxylic acids is 1. The molecule has 0 bridgehead atoms. The molecular formula is C16H17NO2. The van der Waals surface area contributed by atoms with Crippen LogP contribution in [-0.2, 0) is 4.79 Å². The highest BCUT2D eigenvalue weighted by atomic mass is 16.4. The standard InChI is InChI=1S/C16H17NO2/c1-16(17,15(18)19)14(12-8-4-2-5-9-12)13-10-6-3-7-11-13/h2-11,14H,17H2,1H3,(H,18,19)/t16-/m1/s1. The predicted octanol–water partition coefficient (Wildman–Crippen LogP) is 2.62. The van der Waals surface area contributed by atoms with E-state index in [0.29, 0.717) is 0 Å². The average molecular weight is 255 g/mol. The van der Waals surface area contributed by atoms with Crippen LogP contribution in [0, 0.1) is 0 Å². The molecule has 0 fully saturated rings. The summed E-state index contributed by atoms with van der Waals surface area (Å²) in [5.74, 6) is -1.39. The largest absolute Gasteiger partial charge is 0.480 e. The zero-order valence-electron chi connectivity index (χ0n) is 10.8. The van der Waals surface area contributed by atoms with E-state index in [0.717, 1.165) is 11.1 Å². The van der Waals surface area contributed by atoms with Crippen molar-refractivity contribution < 1.29 is 9.90 Å². The highest BCUT2D eigenvalue weighted by molar-refractivity contribution is 5.80. The maximum absolute atomic E-state index is 11.5. The monoisotopic (exact) mass is 255 g/mol. The second kappa shape index (κ2) is 5.24. The lowest BCUT2D eigenvalue weighted by atomic mass is 9.76. The van der Waals surface area contributed by atoms with E-state index in [2.05, 4.69) is 0 Å². The smallest absolute Gasteiger partial charge is 0.324 e. The average Bonchev–Trinajstić information content (AvgIpc) is 2.41. The molecule has 3 nitrogen and oxygen atoms in total. The van der Waals surface area contributed by atoms with Crippen molar-refractivity contribution in [3.8, 4) is 0 Å². The van der Waals surface area contributed by atoms with Crippen LogP contribution in [-0.4, -0.2) is 16.6 Å². The zero-order chi connectivity index (χ0) is 13.9. The molecular weight excluding hydrogens is 238 g/mol. The van der Waals surface area contributed by atoms with Gasteiger partial charge in [-0.1, -0.05) is 60.7 Å². The van der Waals surface area contributed by atoms with Gasteiger partial charge in [-0.05, 0) is 18.1 Å². The quantitative estimate of drug-likeness (QED) is 0.882. The molecule has 0 unspecified atom stereocenters. The normalized spacial score (nSPS) is 14.1. The first-order valence-electron chi connectivity index (χ1n) is 6.15. The highest BCUT2D eigenvalue weighted by Gasteiger charge is 2.39. The number of carboxylic acid groups (broad SMARTS) is 1. The minimum atomic E-state index is -1.36. The summed E-state index contributed by atoms with van der Waals surface area (Å²) < 4.78 is 0. The Kier molecular flexibility index (Phi) is 3.67. The van der Waals surface area contributed by atoms with Crippen molar-refractivity contribution in [3.05, 3.63) is 71.8 Å². The van der Waals surface area contributed by atoms with Crippen LogP contribution in [0.5, 0.6) is 0 Å². The lowest BCUT2D eigenvalue weighted by Gasteiger charge is -2.31. The first kappa shape index (κ1) is 13.3. The van der Waals surface area contributed by atoms with Gasteiger partial charge in [0.1, 0.15) is 5.54 Å². The van der Waals surface area contributed by atoms with Gasteiger partial charge in [-0.25, -0.2) is 0 Å². The van der Waals surface area contributed by atoms with Crippen molar-refractivity contribution in [2.45, 2.75) is 18.4 Å². The number of carbonyl (C=O) groups is 1. The lowest BCUT2D eigenvalue weighted by Crippen LogP contribution is -2.50. The van der Waals surface area contributed by atoms with Gasteiger partial charge in [0.15, 0.2) is 0 Å². The molecule has 0 amide bonds. The van der Waals surface area contributed by atoms with Gasteiger partial charge in [-0.15, -0.1) is 0 Å². The van der Waals surface area contributed by atoms with Crippen LogP contribution in [0.25, 0.3) is 0 Å². The molecule has 0 radical (unpaired) electrons. The van der Waals surface area contributed by atoms with Gasteiger partial charge in [0.05, 0.1) is 0 Å². The number of hydrogen-bond acceptors (Lipinski definition) is 2. The molecule has 98 valence electrons. The Hall–Kier alpha value is -2.13. The van der Waals surface area contributed by atoms with Crippen LogP contribution in [0.4, 0.5) is 0 Å². The van der Waals surface area contributed by atoms with E-state index in [9.17, 15) is 9.90 Å². The van der Waals surface area contributed by atoms with Crippen molar-refractivity contribution in [1.29, 1.82) is 0 Å². The van der Waals surface area contributed by atoms with Crippen LogP contribution in [0.15, 0.2) is 60.7 Å². The maximum Gasteiger partial charge on any atom is 0.324 e. The van der Waals surface area contributed by atoms with E-state index in [4.69, 9.17) is 5.73 Å². The molecule has 2 aromatic carbocycles. The number of rotatable bonds is 4. The summed E-state index contributed by atoms with van der Waals surface area (Å²) in [6.45, 7) is 1.56. The van der Waals surface area contributed by atoms with Crippen LogP contribution < -0.4 is 5.73 Å². The summed E-state index contributed by atoms with van der Waals surface area (Å²) in [6, 6.07) is 19.0. The van der Waals surface area contributed by atoms with Gasteiger partial charge in [-0.2, -0.15) is 0 Å². The van der Waals surface area contributed by atoms with Gasteiger partial charge >= 0.3 is 5.97 Å². The molecule has 0 aliphatic rings. The molecule has 0 heterocycles. The van der Waals surface area contributed by atoms with Crippen molar-refractivity contribution in [3.63, 3.8) is 0 Å². The van der Waals surface area contributed by atoms with Crippen molar-refractivity contribution in [1.82, 2.24) is 0 Å². The summed E-state index contributed by atoms with van der Waals surface area (Å²) in [5.41, 5.74) is 6.52. The SMILES string of the molecule is C[C@](N)(C(=O)O)C(c1ccccc1)c1ccccc1. The maximum atomic E-state index is 11.5. The molecule has 0 saturated heterocycles. The highest BCUT2D eigenvalue weighted by Crippen LogP contribution is 2.33. The third kappa shape index (κ3) is 2.66. The second-order valence-corrected chi connectivity index (χ2v) is 4.84. The summed E-state index contributed by atoms with van der Waals surface area (Å²) >= 11 is 0. The first-order valence-corrected chi connectivity index (χ1v) is 6.15. The van der Waals surface area contributed by atoms with Crippen molar-refractivity contribution in [2.24, 2.45) is 5.73 Å². The topological polar surface area (TPSA) is 63.3 Å². The third-order valence-corrected chi connectivity index (χ3v) is 3.33. The summed E-state index contributed by atoms with van der Waals surface area (Å²) in [7, 11) is 0. The number of hydrogen-bond donors (Lipinski definition) is 2. The molecule has 1 atom stereocenters. The number of benzene rings is 2. The van der Waals surface area contributed by atoms with E-state index < -0.39 is 11.5 Å². The zero-order valence-corrected chi connectivity index (χ0v) is 10.8. The second-order valence-electron chi connectivity index (χ2n) is 4.84. The molecule has 3 N–H and O–H groups in total. The van der Waals surface area contributed by atoms with E-state index in [-0.39, 0.29) is 5.92 Å². The Morgan fingerprint density at radius 2 is 1.37 bits per heavy atom. The van der Waals surface area contributed by atoms with Crippen LogP contribution in [0.3, 0.4) is 0 Å². The lowest BCUT2D eigenvalue weighted by molar-refractivity contribution is -0.143. The minimum absolute atomic E-state index is 0.382. The fraction of sp³-hybridized carbons (Fsp3) is 0.188. The number of nitrogens with two attached hydrogens (primary N) is 1. The first-order chi connectivity index (χ1) is 9.03. The molecule has 19 heavy (non-hydrogen) atoms. The summed E-state index contributed by atoms with van der Waals surface area (Å²) in [6.07, 6.45) is 0. The Labute approximate surface area is 112 Å². The van der Waals surface area contributed by atoms with E-state index in [1.807, 2.05) is 60.7 Å². The Morgan fingerprint density at radius 3 is 1.68 bits per heavy atom. The van der Waals surface area contributed by atoms with Gasteiger partial charge in [0, 0.05) is 5.92 Å². The molecule has 0 aliphatic heterocycles. The third-order valence-electron chi connectivity index (χ3n) is 3.33. The summed E-state index contributed by atoms with van der Waals surface area (Å²) in [4.78, 5) is 11.5. The molecule has 3 heteroatoms. The Balaban J connectivity index is 2.55. The van der Waals surface area contributed by atoms with E-state index in [1.165, 1.54) is 0 Å². The van der Waals surface area contributed by atoms with E-state index >= 15 is 0 Å². The van der Waals surface area contributed by atoms with Gasteiger partial charge in [-0.3, -0.25) is 4.79 Å². The van der Waals surface area contributed by atoms with Gasteiger partial charge in [0.2, 0.25) is 0 Å². The molecule has 2 rings (SSSR count). The van der Waals surface area contributed by atoms with Crippen molar-refractivity contribution >= 4 is 5.97 Å². The fourth-order valence-electron chi connectivity index (χ4n) is 2.30. The molecule has 2 aromatic rings. The Morgan fingerprint density at radius 1 is 1.00 bits per heavy atom. The fourth-order valence-corrected chi connectivity index (χ4v) is 2.30. The van der Waals surface area contributed by atoms with Gasteiger partial charge in [0.25, 0.3) is 0 Å². The van der Waals surface area contributed by atoms with Gasteiger partial charge < -0.3 is 10.8 Å². The van der Waals surface area contributed by atoms with Crippen LogP contribution in [0.1, 0.15) is 24.0 Å². The van der Waals surface area contributed by atoms with Crippen molar-refractivity contribution in [2.75, 3.05) is 0 Å². The van der Waals surface area contributed by atoms with Crippen LogP contribution in [0.2, 0.25) is 0 Å². The molecule has 0 saturated carbocycles. The Bertz CT molecular complexity index is 510. The molecule has 0 spiro atoms.